The van der Waals surface area contributed by atoms with Crippen LogP contribution in [0.2, 0.25) is 0 Å². The van der Waals surface area contributed by atoms with Crippen LogP contribution in [0.25, 0.3) is 0 Å². The van der Waals surface area contributed by atoms with Crippen LogP contribution in [0, 0.1) is 5.82 Å². The molecule has 0 spiro atoms. The zero-order valence-electron chi connectivity index (χ0n) is 10.3. The Hall–Kier alpha value is -1.17. The maximum absolute atomic E-state index is 13.2. The van der Waals surface area contributed by atoms with Gasteiger partial charge in [0.1, 0.15) is 5.82 Å². The van der Waals surface area contributed by atoms with Gasteiger partial charge in [-0.25, -0.2) is 4.39 Å². The number of anilines is 1. The van der Waals surface area contributed by atoms with Crippen LogP contribution in [-0.4, -0.2) is 42.6 Å². The van der Waals surface area contributed by atoms with Gasteiger partial charge in [-0.2, -0.15) is 0 Å². The van der Waals surface area contributed by atoms with Crippen molar-refractivity contribution in [2.24, 2.45) is 0 Å². The number of hydrogen-bond acceptors (Lipinski definition) is 4. The Balaban J connectivity index is 2.26. The topological polar surface area (TPSA) is 52.9 Å². The standard InChI is InChI=1S/C13H18FNO3/c1-9(17)12-6-10(14)2-3-13(12)15-4-5-18-11(7-15)8-16/h2-3,6,9,11,16-17H,4-5,7-8H2,1H3/t9-,11?/m0/s1. The average molecular weight is 255 g/mol. The van der Waals surface area contributed by atoms with E-state index in [9.17, 15) is 9.50 Å². The highest BCUT2D eigenvalue weighted by molar-refractivity contribution is 5.55. The summed E-state index contributed by atoms with van der Waals surface area (Å²) in [7, 11) is 0. The van der Waals surface area contributed by atoms with E-state index < -0.39 is 6.10 Å². The monoisotopic (exact) mass is 255 g/mol. The molecule has 0 aromatic heterocycles. The van der Waals surface area contributed by atoms with Crippen molar-refractivity contribution in [1.29, 1.82) is 0 Å². The summed E-state index contributed by atoms with van der Waals surface area (Å²) in [5, 5.41) is 18.8. The molecule has 2 atom stereocenters. The lowest BCUT2D eigenvalue weighted by molar-refractivity contribution is 0.00342. The Labute approximate surface area is 106 Å². The van der Waals surface area contributed by atoms with Crippen LogP contribution in [0.4, 0.5) is 10.1 Å². The van der Waals surface area contributed by atoms with Crippen molar-refractivity contribution in [2.45, 2.75) is 19.1 Å². The molecule has 1 aromatic carbocycles. The minimum absolute atomic E-state index is 0.0400. The predicted molar refractivity (Wildman–Crippen MR) is 66.1 cm³/mol. The molecule has 1 saturated heterocycles. The Bertz CT molecular complexity index is 411. The van der Waals surface area contributed by atoms with Crippen LogP contribution >= 0.6 is 0 Å². The Morgan fingerprint density at radius 3 is 3.00 bits per heavy atom. The Morgan fingerprint density at radius 1 is 1.56 bits per heavy atom. The zero-order valence-corrected chi connectivity index (χ0v) is 10.3. The van der Waals surface area contributed by atoms with Crippen molar-refractivity contribution in [2.75, 3.05) is 31.2 Å². The molecule has 1 aliphatic rings. The van der Waals surface area contributed by atoms with Crippen LogP contribution in [0.15, 0.2) is 18.2 Å². The number of halogens is 1. The second kappa shape index (κ2) is 5.65. The van der Waals surface area contributed by atoms with Gasteiger partial charge in [-0.1, -0.05) is 0 Å². The van der Waals surface area contributed by atoms with Gasteiger partial charge in [0.05, 0.1) is 25.4 Å². The summed E-state index contributed by atoms with van der Waals surface area (Å²) in [6.07, 6.45) is -0.961. The lowest BCUT2D eigenvalue weighted by Crippen LogP contribution is -2.44. The highest BCUT2D eigenvalue weighted by Gasteiger charge is 2.23. The third-order valence-corrected chi connectivity index (χ3v) is 3.12. The quantitative estimate of drug-likeness (QED) is 0.848. The van der Waals surface area contributed by atoms with Crippen LogP contribution < -0.4 is 4.90 Å². The molecule has 2 N–H and O–H groups in total. The summed E-state index contributed by atoms with van der Waals surface area (Å²) in [6, 6.07) is 4.39. The number of morpholine rings is 1. The molecule has 0 aliphatic carbocycles. The Morgan fingerprint density at radius 2 is 2.33 bits per heavy atom. The lowest BCUT2D eigenvalue weighted by Gasteiger charge is -2.35. The molecule has 0 bridgehead atoms. The fourth-order valence-electron chi connectivity index (χ4n) is 2.20. The average Bonchev–Trinajstić information content (AvgIpc) is 2.38. The minimum atomic E-state index is -0.730. The summed E-state index contributed by atoms with van der Waals surface area (Å²) in [5.74, 6) is -0.360. The van der Waals surface area contributed by atoms with E-state index in [1.807, 2.05) is 4.90 Å². The van der Waals surface area contributed by atoms with Crippen molar-refractivity contribution in [3.63, 3.8) is 0 Å². The highest BCUT2D eigenvalue weighted by atomic mass is 19.1. The van der Waals surface area contributed by atoms with Crippen molar-refractivity contribution in [1.82, 2.24) is 0 Å². The number of rotatable bonds is 3. The van der Waals surface area contributed by atoms with E-state index in [2.05, 4.69) is 0 Å². The zero-order chi connectivity index (χ0) is 13.1. The van der Waals surface area contributed by atoms with Crippen molar-refractivity contribution in [3.8, 4) is 0 Å². The number of nitrogens with zero attached hydrogens (tertiary/aromatic N) is 1. The van der Waals surface area contributed by atoms with Crippen molar-refractivity contribution >= 4 is 5.69 Å². The minimum Gasteiger partial charge on any atom is -0.394 e. The molecule has 18 heavy (non-hydrogen) atoms. The second-order valence-electron chi connectivity index (χ2n) is 4.50. The fourth-order valence-corrected chi connectivity index (χ4v) is 2.20. The molecule has 0 amide bonds. The summed E-state index contributed by atoms with van der Waals surface area (Å²) in [4.78, 5) is 2.01. The first-order chi connectivity index (χ1) is 8.61. The van der Waals surface area contributed by atoms with Gasteiger partial charge >= 0.3 is 0 Å². The molecule has 0 saturated carbocycles. The van der Waals surface area contributed by atoms with E-state index in [-0.39, 0.29) is 18.5 Å². The molecule has 100 valence electrons. The molecule has 4 nitrogen and oxygen atoms in total. The summed E-state index contributed by atoms with van der Waals surface area (Å²) in [5.41, 5.74) is 1.36. The molecular formula is C13H18FNO3. The smallest absolute Gasteiger partial charge is 0.123 e. The number of benzene rings is 1. The van der Waals surface area contributed by atoms with Gasteiger partial charge in [0, 0.05) is 24.3 Å². The van der Waals surface area contributed by atoms with E-state index in [1.165, 1.54) is 12.1 Å². The molecule has 1 aliphatic heterocycles. The van der Waals surface area contributed by atoms with E-state index in [4.69, 9.17) is 9.84 Å². The Kier molecular flexibility index (Phi) is 4.16. The van der Waals surface area contributed by atoms with Crippen LogP contribution in [-0.2, 0) is 4.74 Å². The SMILES string of the molecule is C[C@H](O)c1cc(F)ccc1N1CCOC(CO)C1. The first kappa shape index (κ1) is 13.3. The van der Waals surface area contributed by atoms with E-state index in [0.29, 0.717) is 25.3 Å². The van der Waals surface area contributed by atoms with E-state index in [0.717, 1.165) is 5.69 Å². The van der Waals surface area contributed by atoms with Crippen LogP contribution in [0.1, 0.15) is 18.6 Å². The van der Waals surface area contributed by atoms with Crippen molar-refractivity contribution in [3.05, 3.63) is 29.6 Å². The number of ether oxygens (including phenoxy) is 1. The third kappa shape index (κ3) is 2.80. The second-order valence-corrected chi connectivity index (χ2v) is 4.50. The van der Waals surface area contributed by atoms with Gasteiger partial charge in [-0.15, -0.1) is 0 Å². The van der Waals surface area contributed by atoms with Gasteiger partial charge in [0.25, 0.3) is 0 Å². The first-order valence-electron chi connectivity index (χ1n) is 6.06. The van der Waals surface area contributed by atoms with Gasteiger partial charge in [-0.3, -0.25) is 0 Å². The van der Waals surface area contributed by atoms with E-state index >= 15 is 0 Å². The van der Waals surface area contributed by atoms with Gasteiger partial charge in [0.2, 0.25) is 0 Å². The highest BCUT2D eigenvalue weighted by Crippen LogP contribution is 2.28. The number of hydrogen-bond donors (Lipinski definition) is 2. The predicted octanol–water partition coefficient (Wildman–Crippen LogP) is 1.08. The van der Waals surface area contributed by atoms with E-state index in [1.54, 1.807) is 13.0 Å². The first-order valence-corrected chi connectivity index (χ1v) is 6.06. The van der Waals surface area contributed by atoms with Gasteiger partial charge < -0.3 is 19.8 Å². The summed E-state index contributed by atoms with van der Waals surface area (Å²) >= 11 is 0. The lowest BCUT2D eigenvalue weighted by atomic mass is 10.1. The molecule has 2 rings (SSSR count). The normalized spacial score (nSPS) is 22.0. The fraction of sp³-hybridized carbons (Fsp3) is 0.538. The summed E-state index contributed by atoms with van der Waals surface area (Å²) < 4.78 is 18.6. The van der Waals surface area contributed by atoms with Crippen molar-refractivity contribution < 1.29 is 19.3 Å². The largest absolute Gasteiger partial charge is 0.394 e. The molecule has 1 unspecified atom stereocenters. The summed E-state index contributed by atoms with van der Waals surface area (Å²) in [6.45, 7) is 3.30. The maximum atomic E-state index is 13.2. The number of aliphatic hydroxyl groups excluding tert-OH is 2. The molecule has 1 aromatic rings. The van der Waals surface area contributed by atoms with Crippen LogP contribution in [0.5, 0.6) is 0 Å². The molecule has 1 heterocycles. The molecule has 5 heteroatoms. The maximum Gasteiger partial charge on any atom is 0.123 e. The molecule has 1 fully saturated rings. The van der Waals surface area contributed by atoms with Gasteiger partial charge in [0.15, 0.2) is 0 Å². The van der Waals surface area contributed by atoms with Crippen LogP contribution in [0.3, 0.4) is 0 Å². The molecule has 0 radical (unpaired) electrons. The number of aliphatic hydroxyl groups is 2. The molecular weight excluding hydrogens is 237 g/mol. The van der Waals surface area contributed by atoms with Gasteiger partial charge in [-0.05, 0) is 25.1 Å². The third-order valence-electron chi connectivity index (χ3n) is 3.12.